The summed E-state index contributed by atoms with van der Waals surface area (Å²) in [4.78, 5) is 13.0. The zero-order valence-corrected chi connectivity index (χ0v) is 7.25. The average molecular weight is 170 g/mol. The Labute approximate surface area is 71.7 Å². The summed E-state index contributed by atoms with van der Waals surface area (Å²) < 4.78 is 5.24. The third-order valence-electron chi connectivity index (χ3n) is 3.20. The number of ether oxygens (including phenoxy) is 1. The summed E-state index contributed by atoms with van der Waals surface area (Å²) in [6, 6.07) is -0.286. The van der Waals surface area contributed by atoms with Crippen LogP contribution in [0.2, 0.25) is 0 Å². The van der Waals surface area contributed by atoms with E-state index in [1.54, 1.807) is 4.90 Å². The van der Waals surface area contributed by atoms with Gasteiger partial charge in [0.05, 0.1) is 5.54 Å². The number of carbonyl (C=O) groups excluding carboxylic acids is 1. The molecule has 0 radical (unpaired) electrons. The molecule has 0 aromatic carbocycles. The van der Waals surface area contributed by atoms with Gasteiger partial charge in [-0.25, -0.2) is 0 Å². The minimum absolute atomic E-state index is 0.0666. The number of hydrogen-bond donors (Lipinski definition) is 1. The fourth-order valence-electron chi connectivity index (χ4n) is 2.17. The van der Waals surface area contributed by atoms with Gasteiger partial charge in [0.15, 0.2) is 0 Å². The minimum atomic E-state index is -0.286. The van der Waals surface area contributed by atoms with E-state index in [1.165, 1.54) is 0 Å². The Balaban J connectivity index is 2.15. The highest BCUT2D eigenvalue weighted by atomic mass is 16.5. The first-order valence-electron chi connectivity index (χ1n) is 4.29. The molecule has 1 amide bonds. The summed E-state index contributed by atoms with van der Waals surface area (Å²) in [5, 5.41) is 0. The lowest BCUT2D eigenvalue weighted by Gasteiger charge is -2.56. The van der Waals surface area contributed by atoms with E-state index in [4.69, 9.17) is 10.5 Å². The predicted molar refractivity (Wildman–Crippen MR) is 43.5 cm³/mol. The van der Waals surface area contributed by atoms with E-state index in [9.17, 15) is 4.79 Å². The van der Waals surface area contributed by atoms with Gasteiger partial charge in [-0.3, -0.25) is 4.79 Å². The topological polar surface area (TPSA) is 55.6 Å². The Bertz CT molecular complexity index is 197. The van der Waals surface area contributed by atoms with Crippen molar-refractivity contribution >= 4 is 5.91 Å². The van der Waals surface area contributed by atoms with E-state index >= 15 is 0 Å². The van der Waals surface area contributed by atoms with E-state index < -0.39 is 0 Å². The molecule has 0 aromatic heterocycles. The SMILES string of the molecule is CN1C(=O)[C@H](N)C12CCOCC2. The summed E-state index contributed by atoms with van der Waals surface area (Å²) >= 11 is 0. The fraction of sp³-hybridized carbons (Fsp3) is 0.875. The fourth-order valence-corrected chi connectivity index (χ4v) is 2.17. The first kappa shape index (κ1) is 8.01. The van der Waals surface area contributed by atoms with Crippen LogP contribution in [0, 0.1) is 0 Å². The van der Waals surface area contributed by atoms with Crippen LogP contribution in [0.4, 0.5) is 0 Å². The van der Waals surface area contributed by atoms with Crippen molar-refractivity contribution in [2.75, 3.05) is 20.3 Å². The van der Waals surface area contributed by atoms with Crippen LogP contribution in [0.3, 0.4) is 0 Å². The number of nitrogens with zero attached hydrogens (tertiary/aromatic N) is 1. The predicted octanol–water partition coefficient (Wildman–Crippen LogP) is -0.665. The lowest BCUT2D eigenvalue weighted by molar-refractivity contribution is -0.167. The minimum Gasteiger partial charge on any atom is -0.381 e. The van der Waals surface area contributed by atoms with Gasteiger partial charge in [0.2, 0.25) is 5.91 Å². The van der Waals surface area contributed by atoms with Crippen molar-refractivity contribution in [2.45, 2.75) is 24.4 Å². The summed E-state index contributed by atoms with van der Waals surface area (Å²) in [5.41, 5.74) is 5.70. The Morgan fingerprint density at radius 2 is 2.17 bits per heavy atom. The first-order valence-corrected chi connectivity index (χ1v) is 4.29. The van der Waals surface area contributed by atoms with Crippen LogP contribution in [0.15, 0.2) is 0 Å². The number of rotatable bonds is 0. The van der Waals surface area contributed by atoms with Crippen molar-refractivity contribution in [1.29, 1.82) is 0 Å². The lowest BCUT2D eigenvalue weighted by atomic mass is 9.74. The molecular weight excluding hydrogens is 156 g/mol. The number of hydrogen-bond acceptors (Lipinski definition) is 3. The maximum Gasteiger partial charge on any atom is 0.242 e. The highest BCUT2D eigenvalue weighted by Gasteiger charge is 2.56. The van der Waals surface area contributed by atoms with Crippen molar-refractivity contribution in [3.05, 3.63) is 0 Å². The molecule has 0 unspecified atom stereocenters. The third kappa shape index (κ3) is 0.765. The lowest BCUT2D eigenvalue weighted by Crippen LogP contribution is -2.77. The van der Waals surface area contributed by atoms with Crippen LogP contribution in [-0.4, -0.2) is 42.6 Å². The van der Waals surface area contributed by atoms with Gasteiger partial charge >= 0.3 is 0 Å². The van der Waals surface area contributed by atoms with E-state index in [2.05, 4.69) is 0 Å². The molecule has 1 spiro atoms. The summed E-state index contributed by atoms with van der Waals surface area (Å²) in [5.74, 6) is 0.0666. The standard InChI is InChI=1S/C8H14N2O2/c1-10-7(11)6(9)8(10)2-4-12-5-3-8/h6H,2-5,9H2,1H3/t6-/m0/s1. The zero-order valence-electron chi connectivity index (χ0n) is 7.25. The smallest absolute Gasteiger partial charge is 0.242 e. The second-order valence-corrected chi connectivity index (χ2v) is 3.59. The van der Waals surface area contributed by atoms with E-state index in [1.807, 2.05) is 7.05 Å². The molecule has 2 fully saturated rings. The van der Waals surface area contributed by atoms with Crippen molar-refractivity contribution < 1.29 is 9.53 Å². The van der Waals surface area contributed by atoms with Gasteiger partial charge in [-0.1, -0.05) is 0 Å². The second-order valence-electron chi connectivity index (χ2n) is 3.59. The average Bonchev–Trinajstić information content (AvgIpc) is 2.16. The first-order chi connectivity index (χ1) is 5.68. The highest BCUT2D eigenvalue weighted by Crippen LogP contribution is 2.37. The highest BCUT2D eigenvalue weighted by molar-refractivity contribution is 5.90. The number of likely N-dealkylation sites (tertiary alicyclic amines) is 1. The van der Waals surface area contributed by atoms with Crippen LogP contribution in [-0.2, 0) is 9.53 Å². The van der Waals surface area contributed by atoms with E-state index in [0.717, 1.165) is 26.1 Å². The number of nitrogens with two attached hydrogens (primary N) is 1. The molecular formula is C8H14N2O2. The molecule has 1 atom stereocenters. The number of β-lactam (4-membered cyclic amide) rings is 1. The molecule has 0 aromatic rings. The maximum atomic E-state index is 11.2. The van der Waals surface area contributed by atoms with Gasteiger partial charge in [0.1, 0.15) is 6.04 Å². The number of carbonyl (C=O) groups is 1. The van der Waals surface area contributed by atoms with Crippen LogP contribution < -0.4 is 5.73 Å². The molecule has 2 saturated heterocycles. The van der Waals surface area contributed by atoms with Crippen LogP contribution in [0.25, 0.3) is 0 Å². The van der Waals surface area contributed by atoms with E-state index in [-0.39, 0.29) is 17.5 Å². The van der Waals surface area contributed by atoms with E-state index in [0.29, 0.717) is 0 Å². The Hall–Kier alpha value is -0.610. The molecule has 2 aliphatic rings. The van der Waals surface area contributed by atoms with Gasteiger partial charge in [-0.05, 0) is 12.8 Å². The molecule has 12 heavy (non-hydrogen) atoms. The van der Waals surface area contributed by atoms with Crippen molar-refractivity contribution in [1.82, 2.24) is 4.90 Å². The third-order valence-corrected chi connectivity index (χ3v) is 3.20. The molecule has 4 nitrogen and oxygen atoms in total. The molecule has 2 rings (SSSR count). The second kappa shape index (κ2) is 2.44. The van der Waals surface area contributed by atoms with Crippen LogP contribution in [0.1, 0.15) is 12.8 Å². The van der Waals surface area contributed by atoms with Crippen LogP contribution >= 0.6 is 0 Å². The molecule has 0 bridgehead atoms. The van der Waals surface area contributed by atoms with Crippen molar-refractivity contribution in [3.63, 3.8) is 0 Å². The molecule has 2 heterocycles. The monoisotopic (exact) mass is 170 g/mol. The van der Waals surface area contributed by atoms with Crippen molar-refractivity contribution in [3.8, 4) is 0 Å². The van der Waals surface area contributed by atoms with Gasteiger partial charge in [0.25, 0.3) is 0 Å². The Morgan fingerprint density at radius 1 is 1.58 bits per heavy atom. The molecule has 0 aliphatic carbocycles. The van der Waals surface area contributed by atoms with Crippen LogP contribution in [0.5, 0.6) is 0 Å². The van der Waals surface area contributed by atoms with Crippen molar-refractivity contribution in [2.24, 2.45) is 5.73 Å². The Morgan fingerprint density at radius 3 is 2.67 bits per heavy atom. The summed E-state index contributed by atoms with van der Waals surface area (Å²) in [6.45, 7) is 1.46. The van der Waals surface area contributed by atoms with Gasteiger partial charge in [0, 0.05) is 20.3 Å². The molecule has 4 heteroatoms. The van der Waals surface area contributed by atoms with Gasteiger partial charge in [-0.2, -0.15) is 0 Å². The largest absolute Gasteiger partial charge is 0.381 e. The number of likely N-dealkylation sites (N-methyl/N-ethyl adjacent to an activating group) is 1. The molecule has 2 aliphatic heterocycles. The van der Waals surface area contributed by atoms with Gasteiger partial charge in [-0.15, -0.1) is 0 Å². The molecule has 68 valence electrons. The molecule has 0 saturated carbocycles. The maximum absolute atomic E-state index is 11.2. The number of amides is 1. The summed E-state index contributed by atoms with van der Waals surface area (Å²) in [6.07, 6.45) is 1.77. The summed E-state index contributed by atoms with van der Waals surface area (Å²) in [7, 11) is 1.83. The van der Waals surface area contributed by atoms with Gasteiger partial charge < -0.3 is 15.4 Å². The Kier molecular flexibility index (Phi) is 1.63. The molecule has 2 N–H and O–H groups in total. The zero-order chi connectivity index (χ0) is 8.77. The quantitative estimate of drug-likeness (QED) is 0.491. The normalized spacial score (nSPS) is 33.7.